The normalized spacial score (nSPS) is 10.9. The Hall–Kier alpha value is -1.20. The van der Waals surface area contributed by atoms with E-state index in [-0.39, 0.29) is 5.56 Å². The molecule has 0 N–H and O–H groups in total. The molecule has 4 nitrogen and oxygen atoms in total. The molecule has 2 aromatic rings. The highest BCUT2D eigenvalue weighted by Crippen LogP contribution is 2.14. The Kier molecular flexibility index (Phi) is 5.31. The standard InChI is InChI=1S/C14H18ClN3OS/c1-10-7-14(19)18(11(2)16-10)6-4-3-5-13-17-12(8-15)9-20-13/h7,9H,3-6,8H2,1-2H3. The van der Waals surface area contributed by atoms with Crippen LogP contribution in [0.3, 0.4) is 0 Å². The van der Waals surface area contributed by atoms with Gasteiger partial charge >= 0.3 is 0 Å². The summed E-state index contributed by atoms with van der Waals surface area (Å²) in [4.78, 5) is 20.6. The van der Waals surface area contributed by atoms with Crippen LogP contribution in [-0.2, 0) is 18.8 Å². The quantitative estimate of drug-likeness (QED) is 0.608. The highest BCUT2D eigenvalue weighted by atomic mass is 35.5. The Bertz CT molecular complexity index is 636. The van der Waals surface area contributed by atoms with Gasteiger partial charge in [-0.2, -0.15) is 0 Å². The maximum atomic E-state index is 11.9. The minimum Gasteiger partial charge on any atom is -0.297 e. The predicted octanol–water partition coefficient (Wildman–Crippen LogP) is 3.08. The topological polar surface area (TPSA) is 47.8 Å². The van der Waals surface area contributed by atoms with E-state index in [0.717, 1.165) is 41.5 Å². The largest absolute Gasteiger partial charge is 0.297 e. The maximum Gasteiger partial charge on any atom is 0.253 e. The third-order valence-corrected chi connectivity index (χ3v) is 4.32. The Morgan fingerprint density at radius 2 is 2.10 bits per heavy atom. The average Bonchev–Trinajstić information content (AvgIpc) is 2.84. The minimum absolute atomic E-state index is 0.0358. The van der Waals surface area contributed by atoms with Crippen molar-refractivity contribution in [2.45, 2.75) is 45.5 Å². The summed E-state index contributed by atoms with van der Waals surface area (Å²) >= 11 is 7.38. The van der Waals surface area contributed by atoms with Crippen molar-refractivity contribution in [1.82, 2.24) is 14.5 Å². The van der Waals surface area contributed by atoms with Crippen LogP contribution in [0.5, 0.6) is 0 Å². The molecule has 0 bridgehead atoms. The van der Waals surface area contributed by atoms with Gasteiger partial charge < -0.3 is 0 Å². The first-order valence-electron chi connectivity index (χ1n) is 6.64. The molecule has 2 heterocycles. The minimum atomic E-state index is 0.0358. The first-order valence-corrected chi connectivity index (χ1v) is 8.06. The average molecular weight is 312 g/mol. The molecule has 0 aliphatic carbocycles. The third kappa shape index (κ3) is 3.90. The third-order valence-electron chi connectivity index (χ3n) is 3.09. The summed E-state index contributed by atoms with van der Waals surface area (Å²) in [6.45, 7) is 4.43. The van der Waals surface area contributed by atoms with E-state index in [1.165, 1.54) is 0 Å². The summed E-state index contributed by atoms with van der Waals surface area (Å²) in [5, 5.41) is 3.12. The number of aromatic nitrogens is 3. The zero-order valence-corrected chi connectivity index (χ0v) is 13.3. The van der Waals surface area contributed by atoms with E-state index >= 15 is 0 Å². The van der Waals surface area contributed by atoms with Gasteiger partial charge in [-0.15, -0.1) is 22.9 Å². The molecule has 0 spiro atoms. The molecular weight excluding hydrogens is 294 g/mol. The second-order valence-electron chi connectivity index (χ2n) is 4.76. The van der Waals surface area contributed by atoms with Crippen LogP contribution < -0.4 is 5.56 Å². The first kappa shape index (κ1) is 15.2. The second-order valence-corrected chi connectivity index (χ2v) is 5.97. The molecule has 0 aromatic carbocycles. The van der Waals surface area contributed by atoms with Crippen LogP contribution in [0.15, 0.2) is 16.2 Å². The molecule has 0 unspecified atom stereocenters. The lowest BCUT2D eigenvalue weighted by atomic mass is 10.2. The van der Waals surface area contributed by atoms with Crippen molar-refractivity contribution in [3.05, 3.63) is 44.0 Å². The number of hydrogen-bond donors (Lipinski definition) is 0. The molecule has 108 valence electrons. The van der Waals surface area contributed by atoms with E-state index in [1.807, 2.05) is 19.2 Å². The molecule has 0 saturated heterocycles. The van der Waals surface area contributed by atoms with E-state index in [9.17, 15) is 4.79 Å². The van der Waals surface area contributed by atoms with Gasteiger partial charge in [-0.3, -0.25) is 9.36 Å². The smallest absolute Gasteiger partial charge is 0.253 e. The zero-order valence-electron chi connectivity index (χ0n) is 11.7. The van der Waals surface area contributed by atoms with Crippen molar-refractivity contribution >= 4 is 22.9 Å². The summed E-state index contributed by atoms with van der Waals surface area (Å²) < 4.78 is 1.74. The van der Waals surface area contributed by atoms with Crippen LogP contribution in [0, 0.1) is 13.8 Å². The molecule has 2 aromatic heterocycles. The lowest BCUT2D eigenvalue weighted by Crippen LogP contribution is -2.23. The number of nitrogens with zero attached hydrogens (tertiary/aromatic N) is 3. The molecule has 20 heavy (non-hydrogen) atoms. The summed E-state index contributed by atoms with van der Waals surface area (Å²) in [6.07, 6.45) is 2.89. The molecule has 0 atom stereocenters. The van der Waals surface area contributed by atoms with Crippen molar-refractivity contribution < 1.29 is 0 Å². The van der Waals surface area contributed by atoms with Crippen molar-refractivity contribution in [3.8, 4) is 0 Å². The molecule has 2 rings (SSSR count). The van der Waals surface area contributed by atoms with Gasteiger partial charge in [0.25, 0.3) is 5.56 Å². The van der Waals surface area contributed by atoms with Gasteiger partial charge in [0.1, 0.15) is 5.82 Å². The Labute approximate surface area is 127 Å². The Morgan fingerprint density at radius 3 is 2.75 bits per heavy atom. The van der Waals surface area contributed by atoms with Gasteiger partial charge in [-0.25, -0.2) is 9.97 Å². The van der Waals surface area contributed by atoms with Crippen LogP contribution in [-0.4, -0.2) is 14.5 Å². The van der Waals surface area contributed by atoms with Crippen LogP contribution in [0.2, 0.25) is 0 Å². The fourth-order valence-electron chi connectivity index (χ4n) is 2.11. The van der Waals surface area contributed by atoms with E-state index in [1.54, 1.807) is 22.0 Å². The van der Waals surface area contributed by atoms with Gasteiger partial charge in [0, 0.05) is 23.7 Å². The number of unbranched alkanes of at least 4 members (excludes halogenated alkanes) is 1. The Morgan fingerprint density at radius 1 is 1.30 bits per heavy atom. The van der Waals surface area contributed by atoms with E-state index in [2.05, 4.69) is 9.97 Å². The fraction of sp³-hybridized carbons (Fsp3) is 0.500. The molecule has 0 fully saturated rings. The van der Waals surface area contributed by atoms with Crippen molar-refractivity contribution in [2.24, 2.45) is 0 Å². The van der Waals surface area contributed by atoms with Crippen LogP contribution >= 0.6 is 22.9 Å². The number of halogens is 1. The molecule has 0 saturated carbocycles. The SMILES string of the molecule is Cc1cc(=O)n(CCCCc2nc(CCl)cs2)c(C)n1. The molecule has 0 aliphatic heterocycles. The van der Waals surface area contributed by atoms with E-state index in [4.69, 9.17) is 11.6 Å². The monoisotopic (exact) mass is 311 g/mol. The molecular formula is C14H18ClN3OS. The van der Waals surface area contributed by atoms with Gasteiger partial charge in [-0.1, -0.05) is 0 Å². The molecule has 0 aliphatic rings. The highest BCUT2D eigenvalue weighted by molar-refractivity contribution is 7.09. The zero-order chi connectivity index (χ0) is 14.5. The fourth-order valence-corrected chi connectivity index (χ4v) is 3.18. The van der Waals surface area contributed by atoms with Crippen LogP contribution in [0.4, 0.5) is 0 Å². The van der Waals surface area contributed by atoms with Crippen LogP contribution in [0.1, 0.15) is 35.1 Å². The van der Waals surface area contributed by atoms with Crippen molar-refractivity contribution in [3.63, 3.8) is 0 Å². The van der Waals surface area contributed by atoms with Gasteiger partial charge in [-0.05, 0) is 33.1 Å². The second kappa shape index (κ2) is 6.99. The number of aryl methyl sites for hydroxylation is 3. The Balaban J connectivity index is 1.86. The van der Waals surface area contributed by atoms with Gasteiger partial charge in [0.15, 0.2) is 0 Å². The molecule has 6 heteroatoms. The van der Waals surface area contributed by atoms with Crippen LogP contribution in [0.25, 0.3) is 0 Å². The lowest BCUT2D eigenvalue weighted by molar-refractivity contribution is 0.567. The highest BCUT2D eigenvalue weighted by Gasteiger charge is 2.04. The maximum absolute atomic E-state index is 11.9. The van der Waals surface area contributed by atoms with Crippen molar-refractivity contribution in [1.29, 1.82) is 0 Å². The molecule has 0 radical (unpaired) electrons. The van der Waals surface area contributed by atoms with E-state index < -0.39 is 0 Å². The van der Waals surface area contributed by atoms with E-state index in [0.29, 0.717) is 12.4 Å². The lowest BCUT2D eigenvalue weighted by Gasteiger charge is -2.08. The summed E-state index contributed by atoms with van der Waals surface area (Å²) in [5.74, 6) is 1.26. The van der Waals surface area contributed by atoms with Crippen molar-refractivity contribution in [2.75, 3.05) is 0 Å². The van der Waals surface area contributed by atoms with Gasteiger partial charge in [0.05, 0.1) is 16.6 Å². The first-order chi connectivity index (χ1) is 9.60. The summed E-state index contributed by atoms with van der Waals surface area (Å²) in [6, 6.07) is 1.58. The van der Waals surface area contributed by atoms with Gasteiger partial charge in [0.2, 0.25) is 0 Å². The summed E-state index contributed by atoms with van der Waals surface area (Å²) in [5.41, 5.74) is 1.76. The predicted molar refractivity (Wildman–Crippen MR) is 82.6 cm³/mol. The summed E-state index contributed by atoms with van der Waals surface area (Å²) in [7, 11) is 0. The number of hydrogen-bond acceptors (Lipinski definition) is 4. The molecule has 0 amide bonds. The number of rotatable bonds is 6. The number of thiazole rings is 1. The number of alkyl halides is 1.